The van der Waals surface area contributed by atoms with Crippen LogP contribution in [0.4, 0.5) is 0 Å². The molecule has 0 bridgehead atoms. The first-order valence-electron chi connectivity index (χ1n) is 6.19. The first-order chi connectivity index (χ1) is 8.17. The van der Waals surface area contributed by atoms with E-state index < -0.39 is 0 Å². The van der Waals surface area contributed by atoms with Crippen molar-refractivity contribution in [2.45, 2.75) is 39.8 Å². The number of rotatable bonds is 7. The fourth-order valence-electron chi connectivity index (χ4n) is 1.58. The number of aromatic nitrogens is 2. The molecule has 96 valence electrons. The number of hydrogen-bond acceptors (Lipinski definition) is 3. The van der Waals surface area contributed by atoms with Gasteiger partial charge in [0.2, 0.25) is 5.91 Å². The van der Waals surface area contributed by atoms with Gasteiger partial charge in [0.05, 0.1) is 6.20 Å². The molecule has 1 unspecified atom stereocenters. The summed E-state index contributed by atoms with van der Waals surface area (Å²) in [6.07, 6.45) is 4.41. The molecule has 0 fully saturated rings. The second-order valence-corrected chi connectivity index (χ2v) is 4.01. The minimum Gasteiger partial charge on any atom is -0.356 e. The van der Waals surface area contributed by atoms with E-state index >= 15 is 0 Å². The summed E-state index contributed by atoms with van der Waals surface area (Å²) < 4.78 is 1.90. The van der Waals surface area contributed by atoms with Crippen LogP contribution in [-0.2, 0) is 11.3 Å². The van der Waals surface area contributed by atoms with E-state index in [1.807, 2.05) is 24.0 Å². The molecule has 0 spiro atoms. The molecule has 0 aromatic carbocycles. The van der Waals surface area contributed by atoms with Crippen molar-refractivity contribution in [1.29, 1.82) is 0 Å². The van der Waals surface area contributed by atoms with Crippen LogP contribution in [0.5, 0.6) is 0 Å². The van der Waals surface area contributed by atoms with Crippen LogP contribution >= 0.6 is 0 Å². The van der Waals surface area contributed by atoms with Crippen molar-refractivity contribution in [2.75, 3.05) is 13.1 Å². The zero-order valence-corrected chi connectivity index (χ0v) is 10.9. The highest BCUT2D eigenvalue weighted by atomic mass is 16.1. The standard InChI is InChI=1S/C12H22N4O/c1-4-13-12(17)6-7-14-10(3)11-8-15-16(5-2)9-11/h8-10,14H,4-7H2,1-3H3,(H,13,17). The quantitative estimate of drug-likeness (QED) is 0.747. The van der Waals surface area contributed by atoms with Crippen molar-refractivity contribution in [3.05, 3.63) is 18.0 Å². The molecule has 1 rings (SSSR count). The molecule has 1 aromatic rings. The summed E-state index contributed by atoms with van der Waals surface area (Å²) in [4.78, 5) is 11.2. The SMILES string of the molecule is CCNC(=O)CCNC(C)c1cnn(CC)c1. The van der Waals surface area contributed by atoms with Gasteiger partial charge in [-0.3, -0.25) is 9.48 Å². The van der Waals surface area contributed by atoms with E-state index in [0.717, 1.165) is 12.1 Å². The summed E-state index contributed by atoms with van der Waals surface area (Å²) in [6.45, 7) is 8.32. The first kappa shape index (κ1) is 13.7. The molecular weight excluding hydrogens is 216 g/mol. The van der Waals surface area contributed by atoms with Crippen molar-refractivity contribution in [3.8, 4) is 0 Å². The van der Waals surface area contributed by atoms with Gasteiger partial charge in [-0.1, -0.05) is 0 Å². The van der Waals surface area contributed by atoms with Gasteiger partial charge in [-0.15, -0.1) is 0 Å². The van der Waals surface area contributed by atoms with Crippen LogP contribution in [0.1, 0.15) is 38.8 Å². The van der Waals surface area contributed by atoms with E-state index in [1.165, 1.54) is 0 Å². The monoisotopic (exact) mass is 238 g/mol. The van der Waals surface area contributed by atoms with Crippen molar-refractivity contribution < 1.29 is 4.79 Å². The zero-order valence-electron chi connectivity index (χ0n) is 10.9. The lowest BCUT2D eigenvalue weighted by molar-refractivity contribution is -0.120. The average molecular weight is 238 g/mol. The van der Waals surface area contributed by atoms with Crippen LogP contribution in [0.25, 0.3) is 0 Å². The minimum atomic E-state index is 0.0939. The zero-order chi connectivity index (χ0) is 12.7. The summed E-state index contributed by atoms with van der Waals surface area (Å²) in [5.41, 5.74) is 1.16. The van der Waals surface area contributed by atoms with Crippen molar-refractivity contribution >= 4 is 5.91 Å². The predicted octanol–water partition coefficient (Wildman–Crippen LogP) is 1.08. The van der Waals surface area contributed by atoms with E-state index in [0.29, 0.717) is 19.5 Å². The maximum Gasteiger partial charge on any atom is 0.221 e. The molecule has 1 heterocycles. The minimum absolute atomic E-state index is 0.0939. The topological polar surface area (TPSA) is 59.0 Å². The highest BCUT2D eigenvalue weighted by Crippen LogP contribution is 2.10. The number of hydrogen-bond donors (Lipinski definition) is 2. The first-order valence-corrected chi connectivity index (χ1v) is 6.19. The van der Waals surface area contributed by atoms with Crippen molar-refractivity contribution in [1.82, 2.24) is 20.4 Å². The molecule has 0 aliphatic carbocycles. The fraction of sp³-hybridized carbons (Fsp3) is 0.667. The maximum atomic E-state index is 11.2. The smallest absolute Gasteiger partial charge is 0.221 e. The number of carbonyl (C=O) groups is 1. The van der Waals surface area contributed by atoms with E-state index in [4.69, 9.17) is 0 Å². The Balaban J connectivity index is 2.29. The van der Waals surface area contributed by atoms with Crippen LogP contribution in [0.15, 0.2) is 12.4 Å². The third-order valence-corrected chi connectivity index (χ3v) is 2.65. The Morgan fingerprint density at radius 1 is 1.53 bits per heavy atom. The molecule has 5 nitrogen and oxygen atoms in total. The van der Waals surface area contributed by atoms with Gasteiger partial charge in [-0.05, 0) is 20.8 Å². The van der Waals surface area contributed by atoms with Gasteiger partial charge in [0.1, 0.15) is 0 Å². The molecule has 17 heavy (non-hydrogen) atoms. The van der Waals surface area contributed by atoms with Crippen LogP contribution in [0, 0.1) is 0 Å². The number of aryl methyl sites for hydroxylation is 1. The van der Waals surface area contributed by atoms with Crippen LogP contribution in [-0.4, -0.2) is 28.8 Å². The predicted molar refractivity (Wildman–Crippen MR) is 67.6 cm³/mol. The third kappa shape index (κ3) is 4.56. The van der Waals surface area contributed by atoms with Gasteiger partial charge in [-0.25, -0.2) is 0 Å². The van der Waals surface area contributed by atoms with E-state index in [-0.39, 0.29) is 11.9 Å². The summed E-state index contributed by atoms with van der Waals surface area (Å²) in [7, 11) is 0. The molecule has 0 aliphatic rings. The molecule has 5 heteroatoms. The van der Waals surface area contributed by atoms with Gasteiger partial charge in [0.15, 0.2) is 0 Å². The third-order valence-electron chi connectivity index (χ3n) is 2.65. The Labute approximate surface area is 103 Å². The second kappa shape index (κ2) is 7.06. The molecule has 2 N–H and O–H groups in total. The molecule has 0 saturated carbocycles. The van der Waals surface area contributed by atoms with Gasteiger partial charge < -0.3 is 10.6 Å². The summed E-state index contributed by atoms with van der Waals surface area (Å²) in [6, 6.07) is 0.227. The summed E-state index contributed by atoms with van der Waals surface area (Å²) in [5.74, 6) is 0.0939. The van der Waals surface area contributed by atoms with Crippen LogP contribution in [0.3, 0.4) is 0 Å². The largest absolute Gasteiger partial charge is 0.356 e. The van der Waals surface area contributed by atoms with E-state index in [2.05, 4.69) is 29.6 Å². The Morgan fingerprint density at radius 2 is 2.29 bits per heavy atom. The van der Waals surface area contributed by atoms with Crippen LogP contribution in [0.2, 0.25) is 0 Å². The highest BCUT2D eigenvalue weighted by molar-refractivity contribution is 5.75. The summed E-state index contributed by atoms with van der Waals surface area (Å²) >= 11 is 0. The highest BCUT2D eigenvalue weighted by Gasteiger charge is 2.07. The molecule has 1 atom stereocenters. The molecule has 1 aromatic heterocycles. The van der Waals surface area contributed by atoms with E-state index in [9.17, 15) is 4.79 Å². The molecule has 0 saturated heterocycles. The molecular formula is C12H22N4O. The molecule has 0 radical (unpaired) electrons. The second-order valence-electron chi connectivity index (χ2n) is 4.01. The number of nitrogens with one attached hydrogen (secondary N) is 2. The number of nitrogens with zero attached hydrogens (tertiary/aromatic N) is 2. The molecule has 1 amide bonds. The Bertz CT molecular complexity index is 348. The Kier molecular flexibility index (Phi) is 5.69. The Morgan fingerprint density at radius 3 is 2.88 bits per heavy atom. The van der Waals surface area contributed by atoms with Crippen LogP contribution < -0.4 is 10.6 Å². The average Bonchev–Trinajstić information content (AvgIpc) is 2.77. The normalized spacial score (nSPS) is 12.4. The van der Waals surface area contributed by atoms with Gasteiger partial charge in [-0.2, -0.15) is 5.10 Å². The van der Waals surface area contributed by atoms with Crippen molar-refractivity contribution in [3.63, 3.8) is 0 Å². The lowest BCUT2D eigenvalue weighted by atomic mass is 10.2. The fourth-order valence-corrected chi connectivity index (χ4v) is 1.58. The summed E-state index contributed by atoms with van der Waals surface area (Å²) in [5, 5.41) is 10.3. The Hall–Kier alpha value is -1.36. The number of amides is 1. The van der Waals surface area contributed by atoms with Gasteiger partial charge >= 0.3 is 0 Å². The maximum absolute atomic E-state index is 11.2. The molecule has 0 aliphatic heterocycles. The van der Waals surface area contributed by atoms with Gasteiger partial charge in [0, 0.05) is 43.9 Å². The van der Waals surface area contributed by atoms with E-state index in [1.54, 1.807) is 0 Å². The lowest BCUT2D eigenvalue weighted by Crippen LogP contribution is -2.28. The lowest BCUT2D eigenvalue weighted by Gasteiger charge is -2.11. The van der Waals surface area contributed by atoms with Gasteiger partial charge in [0.25, 0.3) is 0 Å². The van der Waals surface area contributed by atoms with Crippen molar-refractivity contribution in [2.24, 2.45) is 0 Å². The number of carbonyl (C=O) groups excluding carboxylic acids is 1.